The lowest BCUT2D eigenvalue weighted by Gasteiger charge is -2.26. The van der Waals surface area contributed by atoms with E-state index >= 15 is 0 Å². The summed E-state index contributed by atoms with van der Waals surface area (Å²) in [5, 5.41) is 8.75. The molecule has 0 radical (unpaired) electrons. The van der Waals surface area contributed by atoms with Crippen LogP contribution >= 0.6 is 0 Å². The first-order chi connectivity index (χ1) is 9.08. The highest BCUT2D eigenvalue weighted by Crippen LogP contribution is 2.33. The van der Waals surface area contributed by atoms with Gasteiger partial charge in [-0.3, -0.25) is 0 Å². The van der Waals surface area contributed by atoms with Crippen LogP contribution < -0.4 is 4.90 Å². The van der Waals surface area contributed by atoms with Crippen molar-refractivity contribution in [3.05, 3.63) is 30.0 Å². The third-order valence-electron chi connectivity index (χ3n) is 3.04. The van der Waals surface area contributed by atoms with E-state index in [0.29, 0.717) is 12.0 Å². The second-order valence-electron chi connectivity index (χ2n) is 5.37. The number of carboxylic acid groups (broad SMARTS) is 1. The van der Waals surface area contributed by atoms with Crippen molar-refractivity contribution in [2.45, 2.75) is 32.7 Å². The number of aromatic nitrogens is 1. The van der Waals surface area contributed by atoms with Gasteiger partial charge in [-0.15, -0.1) is 0 Å². The third kappa shape index (κ3) is 3.81. The van der Waals surface area contributed by atoms with E-state index in [2.05, 4.69) is 23.7 Å². The quantitative estimate of drug-likeness (QED) is 0.799. The van der Waals surface area contributed by atoms with Crippen LogP contribution in [0.4, 0.5) is 5.82 Å². The molecule has 4 heteroatoms. The fourth-order valence-corrected chi connectivity index (χ4v) is 2.13. The fourth-order valence-electron chi connectivity index (χ4n) is 2.13. The molecule has 1 aliphatic rings. The number of carboxylic acids is 1. The SMILES string of the molecule is CC(C)CN(c1ncccc1/C=C/C(=O)O)C1CC1. The summed E-state index contributed by atoms with van der Waals surface area (Å²) in [6.45, 7) is 5.33. The summed E-state index contributed by atoms with van der Waals surface area (Å²) in [6, 6.07) is 4.32. The normalized spacial score (nSPS) is 15.1. The lowest BCUT2D eigenvalue weighted by Crippen LogP contribution is -2.31. The first-order valence-corrected chi connectivity index (χ1v) is 6.70. The largest absolute Gasteiger partial charge is 0.478 e. The molecule has 0 unspecified atom stereocenters. The molecule has 0 aromatic carbocycles. The van der Waals surface area contributed by atoms with Crippen LogP contribution in [-0.2, 0) is 4.79 Å². The number of carbonyl (C=O) groups is 1. The number of hydrogen-bond acceptors (Lipinski definition) is 3. The molecular weight excluding hydrogens is 240 g/mol. The van der Waals surface area contributed by atoms with E-state index in [0.717, 1.165) is 17.9 Å². The molecule has 1 aliphatic carbocycles. The molecule has 0 aliphatic heterocycles. The lowest BCUT2D eigenvalue weighted by molar-refractivity contribution is -0.131. The van der Waals surface area contributed by atoms with Gasteiger partial charge in [0, 0.05) is 30.4 Å². The summed E-state index contributed by atoms with van der Waals surface area (Å²) in [5.74, 6) is 0.520. The third-order valence-corrected chi connectivity index (χ3v) is 3.04. The van der Waals surface area contributed by atoms with Crippen LogP contribution in [-0.4, -0.2) is 28.6 Å². The van der Waals surface area contributed by atoms with Crippen LogP contribution in [0.2, 0.25) is 0 Å². The van der Waals surface area contributed by atoms with Crippen LogP contribution in [0.1, 0.15) is 32.3 Å². The zero-order valence-corrected chi connectivity index (χ0v) is 11.4. The smallest absolute Gasteiger partial charge is 0.328 e. The van der Waals surface area contributed by atoms with Gasteiger partial charge in [0.15, 0.2) is 0 Å². The van der Waals surface area contributed by atoms with Crippen LogP contribution in [0.25, 0.3) is 6.08 Å². The first kappa shape index (κ1) is 13.6. The summed E-state index contributed by atoms with van der Waals surface area (Å²) in [6.07, 6.45) is 6.96. The van der Waals surface area contributed by atoms with Gasteiger partial charge in [0.25, 0.3) is 0 Å². The van der Waals surface area contributed by atoms with Gasteiger partial charge in [0.2, 0.25) is 0 Å². The van der Waals surface area contributed by atoms with Crippen LogP contribution in [0.5, 0.6) is 0 Å². The number of nitrogens with zero attached hydrogens (tertiary/aromatic N) is 2. The van der Waals surface area contributed by atoms with Crippen molar-refractivity contribution in [1.82, 2.24) is 4.98 Å². The molecule has 1 aromatic heterocycles. The van der Waals surface area contributed by atoms with E-state index in [1.54, 1.807) is 12.3 Å². The predicted octanol–water partition coefficient (Wildman–Crippen LogP) is 2.80. The second-order valence-corrected chi connectivity index (χ2v) is 5.37. The number of anilines is 1. The maximum atomic E-state index is 10.7. The minimum Gasteiger partial charge on any atom is -0.478 e. The molecule has 4 nitrogen and oxygen atoms in total. The molecule has 2 rings (SSSR count). The molecule has 1 N–H and O–H groups in total. The summed E-state index contributed by atoms with van der Waals surface area (Å²) in [7, 11) is 0. The van der Waals surface area contributed by atoms with Crippen molar-refractivity contribution in [3.8, 4) is 0 Å². The highest BCUT2D eigenvalue weighted by atomic mass is 16.4. The van der Waals surface area contributed by atoms with Crippen molar-refractivity contribution >= 4 is 17.9 Å². The van der Waals surface area contributed by atoms with Crippen molar-refractivity contribution in [2.75, 3.05) is 11.4 Å². The minimum absolute atomic E-state index is 0.555. The average molecular weight is 260 g/mol. The molecule has 19 heavy (non-hydrogen) atoms. The summed E-state index contributed by atoms with van der Waals surface area (Å²) in [5.41, 5.74) is 0.873. The Hall–Kier alpha value is -1.84. The highest BCUT2D eigenvalue weighted by molar-refractivity contribution is 5.86. The Morgan fingerprint density at radius 3 is 2.89 bits per heavy atom. The topological polar surface area (TPSA) is 53.4 Å². The Morgan fingerprint density at radius 1 is 1.58 bits per heavy atom. The van der Waals surface area contributed by atoms with E-state index in [-0.39, 0.29) is 0 Å². The molecule has 102 valence electrons. The van der Waals surface area contributed by atoms with Gasteiger partial charge in [-0.2, -0.15) is 0 Å². The molecule has 0 spiro atoms. The standard InChI is InChI=1S/C15H20N2O2/c1-11(2)10-17(13-6-7-13)15-12(4-3-9-16-15)5-8-14(18)19/h3-5,8-9,11,13H,6-7,10H2,1-2H3,(H,18,19)/b8-5+. The second kappa shape index (κ2) is 5.87. The molecule has 1 saturated carbocycles. The van der Waals surface area contributed by atoms with Crippen LogP contribution in [0.15, 0.2) is 24.4 Å². The first-order valence-electron chi connectivity index (χ1n) is 6.70. The van der Waals surface area contributed by atoms with Gasteiger partial charge in [-0.05, 0) is 37.0 Å². The Bertz CT molecular complexity index is 479. The van der Waals surface area contributed by atoms with E-state index < -0.39 is 5.97 Å². The molecule has 0 atom stereocenters. The fraction of sp³-hybridized carbons (Fsp3) is 0.467. The van der Waals surface area contributed by atoms with E-state index in [9.17, 15) is 4.79 Å². The van der Waals surface area contributed by atoms with Gasteiger partial charge < -0.3 is 10.0 Å². The van der Waals surface area contributed by atoms with Gasteiger partial charge >= 0.3 is 5.97 Å². The Balaban J connectivity index is 2.28. The minimum atomic E-state index is -0.934. The van der Waals surface area contributed by atoms with Gasteiger partial charge in [-0.1, -0.05) is 13.8 Å². The summed E-state index contributed by atoms with van der Waals surface area (Å²) < 4.78 is 0. The number of pyridine rings is 1. The monoisotopic (exact) mass is 260 g/mol. The van der Waals surface area contributed by atoms with Crippen molar-refractivity contribution in [1.29, 1.82) is 0 Å². The molecule has 1 aromatic rings. The number of hydrogen-bond donors (Lipinski definition) is 1. The molecule has 1 heterocycles. The Kier molecular flexibility index (Phi) is 4.20. The van der Waals surface area contributed by atoms with Crippen LogP contribution in [0.3, 0.4) is 0 Å². The van der Waals surface area contributed by atoms with Gasteiger partial charge in [0.05, 0.1) is 0 Å². The van der Waals surface area contributed by atoms with Gasteiger partial charge in [-0.25, -0.2) is 9.78 Å². The number of rotatable bonds is 6. The zero-order chi connectivity index (χ0) is 13.8. The maximum Gasteiger partial charge on any atom is 0.328 e. The van der Waals surface area contributed by atoms with E-state index in [1.165, 1.54) is 18.9 Å². The average Bonchev–Trinajstić information content (AvgIpc) is 3.18. The molecule has 1 fully saturated rings. The van der Waals surface area contributed by atoms with Crippen LogP contribution in [0, 0.1) is 5.92 Å². The number of aliphatic carboxylic acids is 1. The Labute approximate surface area is 113 Å². The predicted molar refractivity (Wildman–Crippen MR) is 76.1 cm³/mol. The zero-order valence-electron chi connectivity index (χ0n) is 11.4. The lowest BCUT2D eigenvalue weighted by atomic mass is 10.1. The van der Waals surface area contributed by atoms with E-state index in [1.807, 2.05) is 12.1 Å². The molecule has 0 bridgehead atoms. The van der Waals surface area contributed by atoms with Crippen molar-refractivity contribution < 1.29 is 9.90 Å². The van der Waals surface area contributed by atoms with Gasteiger partial charge in [0.1, 0.15) is 5.82 Å². The van der Waals surface area contributed by atoms with Crippen molar-refractivity contribution in [2.24, 2.45) is 5.92 Å². The molecule has 0 amide bonds. The molecule has 0 saturated heterocycles. The Morgan fingerprint density at radius 2 is 2.32 bits per heavy atom. The maximum absolute atomic E-state index is 10.7. The molecular formula is C15H20N2O2. The summed E-state index contributed by atoms with van der Waals surface area (Å²) in [4.78, 5) is 17.4. The summed E-state index contributed by atoms with van der Waals surface area (Å²) >= 11 is 0. The van der Waals surface area contributed by atoms with E-state index in [4.69, 9.17) is 5.11 Å². The highest BCUT2D eigenvalue weighted by Gasteiger charge is 2.31. The van der Waals surface area contributed by atoms with Crippen molar-refractivity contribution in [3.63, 3.8) is 0 Å².